The van der Waals surface area contributed by atoms with Crippen LogP contribution in [0.1, 0.15) is 45.5 Å². The Kier molecular flexibility index (Phi) is 4.09. The summed E-state index contributed by atoms with van der Waals surface area (Å²) in [6.07, 6.45) is 5.56. The minimum Gasteiger partial charge on any atom is -0.374 e. The first-order chi connectivity index (χ1) is 9.04. The van der Waals surface area contributed by atoms with Crippen LogP contribution in [0.5, 0.6) is 0 Å². The first-order valence-corrected chi connectivity index (χ1v) is 6.44. The van der Waals surface area contributed by atoms with Gasteiger partial charge in [0.05, 0.1) is 11.7 Å². The molecule has 0 radical (unpaired) electrons. The largest absolute Gasteiger partial charge is 0.374 e. The van der Waals surface area contributed by atoms with Crippen molar-refractivity contribution in [2.75, 3.05) is 5.32 Å². The molecular weight excluding hydrogens is 240 g/mol. The molecule has 2 aromatic rings. The molecule has 0 aliphatic rings. The fourth-order valence-electron chi connectivity index (χ4n) is 1.81. The Morgan fingerprint density at radius 3 is 2.79 bits per heavy atom. The molecule has 0 saturated heterocycles. The van der Waals surface area contributed by atoms with Crippen LogP contribution >= 0.6 is 0 Å². The maximum Gasteiger partial charge on any atom is 0.196 e. The van der Waals surface area contributed by atoms with E-state index in [2.05, 4.69) is 51.7 Å². The van der Waals surface area contributed by atoms with E-state index in [0.717, 1.165) is 18.5 Å². The molecule has 0 aliphatic heterocycles. The van der Waals surface area contributed by atoms with Crippen molar-refractivity contribution in [1.29, 1.82) is 0 Å². The zero-order valence-electron chi connectivity index (χ0n) is 11.6. The van der Waals surface area contributed by atoms with Crippen LogP contribution in [-0.2, 0) is 0 Å². The second-order valence-electron chi connectivity index (χ2n) is 5.81. The molecule has 2 aromatic heterocycles. The van der Waals surface area contributed by atoms with Gasteiger partial charge in [0.1, 0.15) is 0 Å². The fourth-order valence-corrected chi connectivity index (χ4v) is 1.81. The molecule has 0 unspecified atom stereocenters. The summed E-state index contributed by atoms with van der Waals surface area (Å²) < 4.78 is 0. The summed E-state index contributed by atoms with van der Waals surface area (Å²) in [6, 6.07) is 3.93. The van der Waals surface area contributed by atoms with E-state index >= 15 is 0 Å². The van der Waals surface area contributed by atoms with Crippen LogP contribution in [0.25, 0.3) is 0 Å². The third-order valence-corrected chi connectivity index (χ3v) is 2.86. The number of anilines is 1. The van der Waals surface area contributed by atoms with Crippen LogP contribution in [0.2, 0.25) is 0 Å². The third-order valence-electron chi connectivity index (χ3n) is 2.86. The van der Waals surface area contributed by atoms with E-state index in [0.29, 0.717) is 5.82 Å². The standard InChI is InChI=1S/C13H20N6/c1-13(2,3)7-6-11(12-16-18-19-17-12)15-10-5-4-8-14-9-10/h4-5,8-9,11,15H,6-7H2,1-3H3,(H,16,17,18,19)/t11-/m1/s1. The number of hydrogen-bond acceptors (Lipinski definition) is 5. The highest BCUT2D eigenvalue weighted by Crippen LogP contribution is 2.28. The maximum atomic E-state index is 4.10. The molecule has 0 aliphatic carbocycles. The number of pyridine rings is 1. The SMILES string of the molecule is CC(C)(C)CC[C@@H](Nc1cccnc1)c1nn[nH]n1. The third kappa shape index (κ3) is 4.31. The molecule has 0 bridgehead atoms. The summed E-state index contributed by atoms with van der Waals surface area (Å²) in [5.41, 5.74) is 1.24. The summed E-state index contributed by atoms with van der Waals surface area (Å²) in [7, 11) is 0. The van der Waals surface area contributed by atoms with Gasteiger partial charge in [0.25, 0.3) is 0 Å². The smallest absolute Gasteiger partial charge is 0.196 e. The van der Waals surface area contributed by atoms with E-state index in [9.17, 15) is 0 Å². The number of hydrogen-bond donors (Lipinski definition) is 2. The van der Waals surface area contributed by atoms with Gasteiger partial charge in [0, 0.05) is 12.4 Å². The number of aromatic amines is 1. The van der Waals surface area contributed by atoms with Gasteiger partial charge in [-0.25, -0.2) is 0 Å². The Morgan fingerprint density at radius 1 is 1.37 bits per heavy atom. The molecule has 2 N–H and O–H groups in total. The van der Waals surface area contributed by atoms with E-state index < -0.39 is 0 Å². The van der Waals surface area contributed by atoms with Gasteiger partial charge in [-0.1, -0.05) is 26.0 Å². The summed E-state index contributed by atoms with van der Waals surface area (Å²) in [5, 5.41) is 17.7. The van der Waals surface area contributed by atoms with Crippen LogP contribution < -0.4 is 5.32 Å². The number of tetrazole rings is 1. The Labute approximate surface area is 113 Å². The number of H-pyrrole nitrogens is 1. The van der Waals surface area contributed by atoms with E-state index in [1.54, 1.807) is 12.4 Å². The van der Waals surface area contributed by atoms with Gasteiger partial charge in [-0.3, -0.25) is 4.98 Å². The molecule has 0 spiro atoms. The lowest BCUT2D eigenvalue weighted by molar-refractivity contribution is 0.352. The van der Waals surface area contributed by atoms with Gasteiger partial charge >= 0.3 is 0 Å². The first-order valence-electron chi connectivity index (χ1n) is 6.44. The highest BCUT2D eigenvalue weighted by molar-refractivity contribution is 5.41. The number of rotatable bonds is 5. The topological polar surface area (TPSA) is 79.4 Å². The van der Waals surface area contributed by atoms with E-state index in [4.69, 9.17) is 0 Å². The minimum absolute atomic E-state index is 0.0437. The molecule has 0 aromatic carbocycles. The Balaban J connectivity index is 2.07. The lowest BCUT2D eigenvalue weighted by atomic mass is 9.88. The quantitative estimate of drug-likeness (QED) is 0.863. The summed E-state index contributed by atoms with van der Waals surface area (Å²) >= 11 is 0. The first kappa shape index (κ1) is 13.5. The van der Waals surface area contributed by atoms with Crippen LogP contribution in [-0.4, -0.2) is 25.6 Å². The zero-order chi connectivity index (χ0) is 13.7. The molecule has 2 rings (SSSR count). The number of nitrogens with one attached hydrogen (secondary N) is 2. The van der Waals surface area contributed by atoms with E-state index in [1.807, 2.05) is 12.1 Å². The van der Waals surface area contributed by atoms with Gasteiger partial charge in [-0.15, -0.1) is 10.2 Å². The van der Waals surface area contributed by atoms with Crippen molar-refractivity contribution in [3.8, 4) is 0 Å². The van der Waals surface area contributed by atoms with Crippen LogP contribution in [0.4, 0.5) is 5.69 Å². The average molecular weight is 260 g/mol. The number of aromatic nitrogens is 5. The molecule has 0 fully saturated rings. The second kappa shape index (κ2) is 5.77. The molecule has 2 heterocycles. The molecular formula is C13H20N6. The van der Waals surface area contributed by atoms with Crippen molar-refractivity contribution in [2.45, 2.75) is 39.7 Å². The fraction of sp³-hybridized carbons (Fsp3) is 0.538. The predicted molar refractivity (Wildman–Crippen MR) is 73.5 cm³/mol. The maximum absolute atomic E-state index is 4.10. The second-order valence-corrected chi connectivity index (χ2v) is 5.81. The zero-order valence-corrected chi connectivity index (χ0v) is 11.6. The number of nitrogens with zero attached hydrogens (tertiary/aromatic N) is 4. The average Bonchev–Trinajstić information content (AvgIpc) is 2.88. The Morgan fingerprint density at radius 2 is 2.21 bits per heavy atom. The minimum atomic E-state index is 0.0437. The molecule has 0 saturated carbocycles. The van der Waals surface area contributed by atoms with E-state index in [-0.39, 0.29) is 11.5 Å². The Bertz CT molecular complexity index is 474. The van der Waals surface area contributed by atoms with Gasteiger partial charge in [0.15, 0.2) is 5.82 Å². The van der Waals surface area contributed by atoms with Crippen molar-refractivity contribution in [1.82, 2.24) is 25.6 Å². The molecule has 1 atom stereocenters. The van der Waals surface area contributed by atoms with Gasteiger partial charge in [0.2, 0.25) is 0 Å². The predicted octanol–water partition coefficient (Wildman–Crippen LogP) is 2.57. The van der Waals surface area contributed by atoms with Crippen molar-refractivity contribution in [2.24, 2.45) is 5.41 Å². The lowest BCUT2D eigenvalue weighted by Gasteiger charge is -2.22. The van der Waals surface area contributed by atoms with Crippen molar-refractivity contribution in [3.63, 3.8) is 0 Å². The highest BCUT2D eigenvalue weighted by Gasteiger charge is 2.20. The van der Waals surface area contributed by atoms with Crippen LogP contribution in [0.3, 0.4) is 0 Å². The van der Waals surface area contributed by atoms with Gasteiger partial charge in [-0.05, 0) is 30.4 Å². The van der Waals surface area contributed by atoms with Crippen LogP contribution in [0, 0.1) is 5.41 Å². The normalized spacial score (nSPS) is 13.2. The highest BCUT2D eigenvalue weighted by atomic mass is 15.5. The summed E-state index contributed by atoms with van der Waals surface area (Å²) in [6.45, 7) is 6.68. The Hall–Kier alpha value is -1.98. The summed E-state index contributed by atoms with van der Waals surface area (Å²) in [4.78, 5) is 4.10. The molecule has 6 heteroatoms. The van der Waals surface area contributed by atoms with Crippen LogP contribution in [0.15, 0.2) is 24.5 Å². The van der Waals surface area contributed by atoms with Gasteiger partial charge < -0.3 is 5.32 Å². The monoisotopic (exact) mass is 260 g/mol. The molecule has 102 valence electrons. The lowest BCUT2D eigenvalue weighted by Crippen LogP contribution is -2.16. The molecule has 19 heavy (non-hydrogen) atoms. The van der Waals surface area contributed by atoms with Crippen molar-refractivity contribution in [3.05, 3.63) is 30.4 Å². The summed E-state index contributed by atoms with van der Waals surface area (Å²) in [5.74, 6) is 0.688. The van der Waals surface area contributed by atoms with Crippen molar-refractivity contribution >= 4 is 5.69 Å². The molecule has 0 amide bonds. The molecule has 6 nitrogen and oxygen atoms in total. The van der Waals surface area contributed by atoms with Gasteiger partial charge in [-0.2, -0.15) is 5.21 Å². The van der Waals surface area contributed by atoms with E-state index in [1.165, 1.54) is 0 Å². The van der Waals surface area contributed by atoms with Crippen molar-refractivity contribution < 1.29 is 0 Å².